The number of likely N-dealkylation sites (tertiary alicyclic amines) is 1. The van der Waals surface area contributed by atoms with Crippen molar-refractivity contribution in [2.24, 2.45) is 11.3 Å². The molecule has 0 bridgehead atoms. The van der Waals surface area contributed by atoms with Gasteiger partial charge in [0.15, 0.2) is 5.41 Å². The molecule has 154 valence electrons. The number of amides is 2. The first kappa shape index (κ1) is 20.6. The molecule has 0 spiro atoms. The van der Waals surface area contributed by atoms with Crippen LogP contribution in [0.2, 0.25) is 0 Å². The second kappa shape index (κ2) is 8.46. The minimum absolute atomic E-state index is 0.0455. The number of rotatable bonds is 4. The van der Waals surface area contributed by atoms with Crippen LogP contribution >= 0.6 is 0 Å². The number of carbonyl (C=O) groups is 4. The summed E-state index contributed by atoms with van der Waals surface area (Å²) in [6.45, 7) is 1.27. The van der Waals surface area contributed by atoms with Gasteiger partial charge < -0.3 is 14.2 Å². The van der Waals surface area contributed by atoms with Crippen LogP contribution in [0.25, 0.3) is 0 Å². The zero-order valence-electron chi connectivity index (χ0n) is 16.3. The Hall–Kier alpha value is -3.16. The van der Waals surface area contributed by atoms with Gasteiger partial charge in [-0.25, -0.2) is 9.69 Å². The van der Waals surface area contributed by atoms with E-state index in [9.17, 15) is 19.2 Å². The molecule has 1 heterocycles. The number of carbonyl (C=O) groups excluding carboxylic acids is 4. The van der Waals surface area contributed by atoms with Gasteiger partial charge in [0, 0.05) is 13.5 Å². The Labute approximate surface area is 168 Å². The Morgan fingerprint density at radius 3 is 2.59 bits per heavy atom. The second-order valence-electron chi connectivity index (χ2n) is 7.04. The van der Waals surface area contributed by atoms with Crippen molar-refractivity contribution < 1.29 is 33.4 Å². The predicted molar refractivity (Wildman–Crippen MR) is 100 cm³/mol. The molecule has 1 aromatic rings. The highest BCUT2D eigenvalue weighted by molar-refractivity contribution is 6.09. The number of piperidine rings is 1. The lowest BCUT2D eigenvalue weighted by Crippen LogP contribution is -2.65. The van der Waals surface area contributed by atoms with Crippen LogP contribution in [0, 0.1) is 11.3 Å². The maximum absolute atomic E-state index is 13.4. The topological polar surface area (TPSA) is 99.2 Å². The van der Waals surface area contributed by atoms with Crippen molar-refractivity contribution in [2.45, 2.75) is 32.5 Å². The van der Waals surface area contributed by atoms with Gasteiger partial charge >= 0.3 is 18.0 Å². The van der Waals surface area contributed by atoms with Crippen LogP contribution in [0.15, 0.2) is 42.5 Å². The summed E-state index contributed by atoms with van der Waals surface area (Å²) in [5.41, 5.74) is -1.08. The van der Waals surface area contributed by atoms with Gasteiger partial charge in [-0.05, 0) is 30.4 Å². The molecule has 0 saturated carbocycles. The number of hydrogen-bond donors (Lipinski definition) is 0. The largest absolute Gasteiger partial charge is 0.460 e. The third-order valence-corrected chi connectivity index (χ3v) is 5.36. The Morgan fingerprint density at radius 1 is 1.21 bits per heavy atom. The highest BCUT2D eigenvalue weighted by Gasteiger charge is 2.64. The number of nitrogens with zero attached hydrogens (tertiary/aromatic N) is 1. The lowest BCUT2D eigenvalue weighted by molar-refractivity contribution is -0.188. The number of ether oxygens (including phenoxy) is 3. The maximum Gasteiger partial charge on any atom is 0.416 e. The minimum atomic E-state index is -1.83. The van der Waals surface area contributed by atoms with E-state index in [-0.39, 0.29) is 13.2 Å². The van der Waals surface area contributed by atoms with Crippen LogP contribution in [-0.4, -0.2) is 48.6 Å². The molecule has 3 rings (SSSR count). The smallest absolute Gasteiger partial charge is 0.416 e. The van der Waals surface area contributed by atoms with Crippen molar-refractivity contribution in [2.75, 3.05) is 13.7 Å². The number of hydrogen-bond acceptors (Lipinski definition) is 7. The van der Waals surface area contributed by atoms with Gasteiger partial charge in [-0.3, -0.25) is 14.4 Å². The Kier molecular flexibility index (Phi) is 6.00. The van der Waals surface area contributed by atoms with Gasteiger partial charge in [0.1, 0.15) is 12.7 Å². The van der Waals surface area contributed by atoms with E-state index in [1.165, 1.54) is 13.0 Å². The molecular weight excluding hydrogens is 378 g/mol. The van der Waals surface area contributed by atoms with Crippen LogP contribution in [0.5, 0.6) is 0 Å². The van der Waals surface area contributed by atoms with Gasteiger partial charge in [0.25, 0.3) is 5.91 Å². The summed E-state index contributed by atoms with van der Waals surface area (Å²) in [7, 11) is 1.16. The fourth-order valence-electron chi connectivity index (χ4n) is 4.00. The maximum atomic E-state index is 13.4. The molecule has 1 saturated heterocycles. The molecule has 2 amide bonds. The minimum Gasteiger partial charge on any atom is -0.460 e. The van der Waals surface area contributed by atoms with E-state index >= 15 is 0 Å². The number of benzene rings is 1. The van der Waals surface area contributed by atoms with Gasteiger partial charge in [0.05, 0.1) is 7.11 Å². The molecular formula is C21H23NO7. The lowest BCUT2D eigenvalue weighted by atomic mass is 9.62. The number of allylic oxidation sites excluding steroid dienone is 1. The fraction of sp³-hybridized carbons (Fsp3) is 0.429. The molecule has 1 aromatic carbocycles. The van der Waals surface area contributed by atoms with E-state index in [0.717, 1.165) is 17.6 Å². The summed E-state index contributed by atoms with van der Waals surface area (Å²) in [5, 5.41) is 0. The zero-order valence-corrected chi connectivity index (χ0v) is 16.3. The molecule has 0 unspecified atom stereocenters. The van der Waals surface area contributed by atoms with Crippen molar-refractivity contribution in [3.05, 3.63) is 48.0 Å². The standard InChI is InChI=1S/C21H23NO7/c1-14(23)29-17-10-6-9-16-11-12-22(20(26)27-2)18(24)21(16,17)19(25)28-13-15-7-4-3-5-8-15/h3-8,10,16-17H,9,11-13H2,1-2H3/t16-,17-,21-/m0/s1. The van der Waals surface area contributed by atoms with Crippen LogP contribution in [0.4, 0.5) is 4.79 Å². The van der Waals surface area contributed by atoms with Crippen LogP contribution in [-0.2, 0) is 35.2 Å². The lowest BCUT2D eigenvalue weighted by Gasteiger charge is -2.47. The Balaban J connectivity index is 1.99. The first-order valence-electron chi connectivity index (χ1n) is 9.36. The molecule has 2 aliphatic rings. The van der Waals surface area contributed by atoms with Gasteiger partial charge in [0.2, 0.25) is 0 Å². The molecule has 1 aliphatic heterocycles. The molecule has 1 fully saturated rings. The van der Waals surface area contributed by atoms with Crippen molar-refractivity contribution in [3.8, 4) is 0 Å². The third kappa shape index (κ3) is 3.74. The van der Waals surface area contributed by atoms with E-state index < -0.39 is 41.4 Å². The summed E-state index contributed by atoms with van der Waals surface area (Å²) in [5.74, 6) is -2.69. The number of methoxy groups -OCH3 is 1. The monoisotopic (exact) mass is 401 g/mol. The SMILES string of the molecule is COC(=O)N1CC[C@@H]2CC=C[C@H](OC(C)=O)[C@]2(C(=O)OCc2ccccc2)C1=O. The van der Waals surface area contributed by atoms with Gasteiger partial charge in [-0.2, -0.15) is 0 Å². The van der Waals surface area contributed by atoms with E-state index in [2.05, 4.69) is 0 Å². The average molecular weight is 401 g/mol. The molecule has 0 N–H and O–H groups in total. The van der Waals surface area contributed by atoms with Crippen molar-refractivity contribution in [1.82, 2.24) is 4.90 Å². The molecule has 0 aromatic heterocycles. The Morgan fingerprint density at radius 2 is 1.93 bits per heavy atom. The van der Waals surface area contributed by atoms with Gasteiger partial charge in [-0.15, -0.1) is 0 Å². The van der Waals surface area contributed by atoms with E-state index in [4.69, 9.17) is 14.2 Å². The number of imide groups is 1. The average Bonchev–Trinajstić information content (AvgIpc) is 2.72. The number of esters is 2. The van der Waals surface area contributed by atoms with E-state index in [0.29, 0.717) is 12.8 Å². The van der Waals surface area contributed by atoms with Crippen LogP contribution in [0.1, 0.15) is 25.3 Å². The Bertz CT molecular complexity index is 835. The third-order valence-electron chi connectivity index (χ3n) is 5.36. The molecule has 8 heteroatoms. The van der Waals surface area contributed by atoms with Crippen LogP contribution < -0.4 is 0 Å². The zero-order chi connectivity index (χ0) is 21.0. The highest BCUT2D eigenvalue weighted by Crippen LogP contribution is 2.47. The summed E-state index contributed by atoms with van der Waals surface area (Å²) in [6.07, 6.45) is 2.06. The molecule has 1 aliphatic carbocycles. The molecule has 29 heavy (non-hydrogen) atoms. The van der Waals surface area contributed by atoms with Crippen LogP contribution in [0.3, 0.4) is 0 Å². The summed E-state index contributed by atoms with van der Waals surface area (Å²) in [4.78, 5) is 51.5. The van der Waals surface area contributed by atoms with E-state index in [1.54, 1.807) is 30.3 Å². The summed E-state index contributed by atoms with van der Waals surface area (Å²) < 4.78 is 15.5. The highest BCUT2D eigenvalue weighted by atomic mass is 16.6. The first-order chi connectivity index (χ1) is 13.9. The molecule has 8 nitrogen and oxygen atoms in total. The van der Waals surface area contributed by atoms with Crippen molar-refractivity contribution in [1.29, 1.82) is 0 Å². The summed E-state index contributed by atoms with van der Waals surface area (Å²) >= 11 is 0. The van der Waals surface area contributed by atoms with E-state index in [1.807, 2.05) is 6.07 Å². The molecule has 0 radical (unpaired) electrons. The number of fused-ring (bicyclic) bond motifs is 1. The van der Waals surface area contributed by atoms with Crippen molar-refractivity contribution >= 4 is 23.9 Å². The normalized spacial score (nSPS) is 25.7. The second-order valence-corrected chi connectivity index (χ2v) is 7.04. The molecule has 3 atom stereocenters. The van der Waals surface area contributed by atoms with Crippen molar-refractivity contribution in [3.63, 3.8) is 0 Å². The fourth-order valence-corrected chi connectivity index (χ4v) is 4.00. The van der Waals surface area contributed by atoms with Gasteiger partial charge in [-0.1, -0.05) is 36.4 Å². The first-order valence-corrected chi connectivity index (χ1v) is 9.36. The summed E-state index contributed by atoms with van der Waals surface area (Å²) in [6, 6.07) is 9.02. The quantitative estimate of drug-likeness (QED) is 0.330. The predicted octanol–water partition coefficient (Wildman–Crippen LogP) is 2.22.